The molecule has 1 radical (unpaired) electrons. The fourth-order valence-corrected chi connectivity index (χ4v) is 6.39. The van der Waals surface area contributed by atoms with Gasteiger partial charge in [0, 0.05) is 48.7 Å². The Morgan fingerprint density at radius 2 is 1.29 bits per heavy atom. The van der Waals surface area contributed by atoms with Gasteiger partial charge in [0.2, 0.25) is 11.9 Å². The monoisotopic (exact) mass is 807 g/mol. The third-order valence-electron chi connectivity index (χ3n) is 8.35. The Balaban J connectivity index is 0.00000364. The molecule has 0 fully saturated rings. The molecule has 0 aliphatic carbocycles. The van der Waals surface area contributed by atoms with Crippen LogP contribution in [0.5, 0.6) is 0 Å². The summed E-state index contributed by atoms with van der Waals surface area (Å²) in [6.45, 7) is 4.24. The summed E-state index contributed by atoms with van der Waals surface area (Å²) in [7, 11) is 0. The predicted octanol–water partition coefficient (Wildman–Crippen LogP) is 10.8. The minimum atomic E-state index is -0.938. The van der Waals surface area contributed by atoms with E-state index in [0.717, 1.165) is 60.9 Å². The number of furan rings is 1. The number of benzene rings is 5. The first-order valence-electron chi connectivity index (χ1n) is 15.2. The summed E-state index contributed by atoms with van der Waals surface area (Å²) >= 11 is 0. The molecule has 3 heterocycles. The van der Waals surface area contributed by atoms with Crippen LogP contribution in [-0.2, 0) is 20.1 Å². The topological polar surface area (TPSA) is 51.8 Å². The van der Waals surface area contributed by atoms with Crippen LogP contribution < -0.4 is 0 Å². The Hall–Kier alpha value is -5.36. The zero-order chi connectivity index (χ0) is 32.1. The Morgan fingerprint density at radius 3 is 2.04 bits per heavy atom. The van der Waals surface area contributed by atoms with Gasteiger partial charge in [-0.15, -0.1) is 23.8 Å². The quantitative estimate of drug-likeness (QED) is 0.128. The van der Waals surface area contributed by atoms with Gasteiger partial charge in [-0.05, 0) is 48.4 Å². The van der Waals surface area contributed by atoms with Crippen molar-refractivity contribution in [2.24, 2.45) is 0 Å². The first-order valence-corrected chi connectivity index (χ1v) is 15.2. The molecule has 0 aliphatic rings. The summed E-state index contributed by atoms with van der Waals surface area (Å²) in [5.74, 6) is -1.94. The Labute approximate surface area is 289 Å². The smallest absolute Gasteiger partial charge is 0.219 e. The molecule has 48 heavy (non-hydrogen) atoms. The molecular formula is C41H26F2IrN3O-. The third-order valence-corrected chi connectivity index (χ3v) is 8.35. The van der Waals surface area contributed by atoms with Crippen molar-refractivity contribution in [1.82, 2.24) is 15.0 Å². The van der Waals surface area contributed by atoms with Crippen molar-refractivity contribution in [2.45, 2.75) is 13.8 Å². The third kappa shape index (κ3) is 5.72. The molecule has 0 unspecified atom stereocenters. The first kappa shape index (κ1) is 31.2. The van der Waals surface area contributed by atoms with Gasteiger partial charge in [-0.3, -0.25) is 0 Å². The summed E-state index contributed by atoms with van der Waals surface area (Å²) in [6.07, 6.45) is 1.52. The molecule has 8 aromatic rings. The maximum absolute atomic E-state index is 13.8. The van der Waals surface area contributed by atoms with E-state index in [-0.39, 0.29) is 25.9 Å². The minimum Gasteiger partial charge on any atom is -0.456 e. The Morgan fingerprint density at radius 1 is 0.604 bits per heavy atom. The normalized spacial score (nSPS) is 11.2. The molecule has 0 amide bonds. The van der Waals surface area contributed by atoms with E-state index in [1.165, 1.54) is 17.3 Å². The molecule has 0 saturated carbocycles. The van der Waals surface area contributed by atoms with Crippen molar-refractivity contribution in [3.8, 4) is 56.0 Å². The van der Waals surface area contributed by atoms with E-state index < -0.39 is 11.9 Å². The molecular weight excluding hydrogens is 781 g/mol. The van der Waals surface area contributed by atoms with Gasteiger partial charge in [0.1, 0.15) is 11.2 Å². The summed E-state index contributed by atoms with van der Waals surface area (Å²) < 4.78 is 33.8. The maximum atomic E-state index is 13.8. The van der Waals surface area contributed by atoms with Crippen LogP contribution in [0.1, 0.15) is 11.1 Å². The second-order valence-corrected chi connectivity index (χ2v) is 11.6. The van der Waals surface area contributed by atoms with E-state index in [9.17, 15) is 8.78 Å². The van der Waals surface area contributed by atoms with Crippen molar-refractivity contribution in [1.29, 1.82) is 0 Å². The first-order chi connectivity index (χ1) is 22.9. The van der Waals surface area contributed by atoms with Crippen LogP contribution in [0.25, 0.3) is 78.0 Å². The minimum absolute atomic E-state index is 0. The second-order valence-electron chi connectivity index (χ2n) is 11.6. The van der Waals surface area contributed by atoms with Crippen molar-refractivity contribution >= 4 is 21.9 Å². The Bertz CT molecular complexity index is 2430. The van der Waals surface area contributed by atoms with Crippen molar-refractivity contribution in [3.05, 3.63) is 151 Å². The van der Waals surface area contributed by atoms with E-state index in [2.05, 4.69) is 95.5 Å². The summed E-state index contributed by atoms with van der Waals surface area (Å²) in [5, 5.41) is 2.06. The number of hydrogen-bond donors (Lipinski definition) is 0. The molecule has 8 rings (SSSR count). The zero-order valence-corrected chi connectivity index (χ0v) is 28.3. The molecule has 4 nitrogen and oxygen atoms in total. The molecule has 0 bridgehead atoms. The van der Waals surface area contributed by atoms with Crippen LogP contribution in [0.2, 0.25) is 0 Å². The van der Waals surface area contributed by atoms with Crippen LogP contribution in [0.3, 0.4) is 0 Å². The number of rotatable bonds is 5. The van der Waals surface area contributed by atoms with E-state index in [0.29, 0.717) is 17.3 Å². The SMILES string of the molecule is Cc1cc(C)cc(-c2ccccc2-c2c[c-]c(-c3ccc(-c4nc(F)cc(F)n4)cn3)cc2-c2cccc3oc4ccccc4c23)c1.[Ir]. The van der Waals surface area contributed by atoms with E-state index in [4.69, 9.17) is 4.42 Å². The number of hydrogen-bond acceptors (Lipinski definition) is 4. The van der Waals surface area contributed by atoms with E-state index in [1.54, 1.807) is 12.1 Å². The second kappa shape index (κ2) is 12.7. The van der Waals surface area contributed by atoms with Gasteiger partial charge in [0.05, 0.1) is 0 Å². The van der Waals surface area contributed by atoms with Gasteiger partial charge in [-0.1, -0.05) is 113 Å². The molecule has 0 aliphatic heterocycles. The van der Waals surface area contributed by atoms with Gasteiger partial charge >= 0.3 is 0 Å². The van der Waals surface area contributed by atoms with Gasteiger partial charge in [0.15, 0.2) is 5.82 Å². The van der Waals surface area contributed by atoms with Gasteiger partial charge in [-0.2, -0.15) is 18.7 Å². The van der Waals surface area contributed by atoms with Crippen LogP contribution >= 0.6 is 0 Å². The fraction of sp³-hybridized carbons (Fsp3) is 0.0488. The summed E-state index contributed by atoms with van der Waals surface area (Å²) in [5.41, 5.74) is 12.2. The van der Waals surface area contributed by atoms with Crippen LogP contribution in [0.15, 0.2) is 126 Å². The molecule has 5 aromatic carbocycles. The van der Waals surface area contributed by atoms with Crippen LogP contribution in [-0.4, -0.2) is 15.0 Å². The van der Waals surface area contributed by atoms with Crippen LogP contribution in [0, 0.1) is 31.8 Å². The molecule has 0 spiro atoms. The molecule has 7 heteroatoms. The largest absolute Gasteiger partial charge is 0.456 e. The zero-order valence-electron chi connectivity index (χ0n) is 25.9. The van der Waals surface area contributed by atoms with Crippen molar-refractivity contribution < 1.29 is 33.3 Å². The molecule has 0 N–H and O–H groups in total. The van der Waals surface area contributed by atoms with Gasteiger partial charge in [0.25, 0.3) is 0 Å². The molecule has 235 valence electrons. The number of fused-ring (bicyclic) bond motifs is 3. The molecule has 0 atom stereocenters. The molecule has 3 aromatic heterocycles. The number of para-hydroxylation sites is 1. The van der Waals surface area contributed by atoms with E-state index in [1.807, 2.05) is 36.4 Å². The average Bonchev–Trinajstić information content (AvgIpc) is 3.46. The van der Waals surface area contributed by atoms with Crippen molar-refractivity contribution in [3.63, 3.8) is 0 Å². The number of aromatic nitrogens is 3. The summed E-state index contributed by atoms with van der Waals surface area (Å²) in [6, 6.07) is 41.0. The average molecular weight is 807 g/mol. The Kier molecular flexibility index (Phi) is 8.26. The number of pyridine rings is 1. The maximum Gasteiger partial charge on any atom is 0.219 e. The van der Waals surface area contributed by atoms with E-state index >= 15 is 0 Å². The van der Waals surface area contributed by atoms with Crippen LogP contribution in [0.4, 0.5) is 8.78 Å². The number of nitrogens with zero attached hydrogens (tertiary/aromatic N) is 3. The number of aryl methyl sites for hydroxylation is 2. The standard InChI is InChI=1S/C41H26F2N3O.Ir/c1-24-18-25(2)20-28(19-24)29-8-3-4-9-30(29)31-16-14-26(35-17-15-27(23-44-35)41-45-38(42)22-39(43)46-41)21-34(31)32-11-7-13-37-40(32)33-10-5-6-12-36(33)47-37;/h3-13,15-23H,1-2H3;/q-1;. The predicted molar refractivity (Wildman–Crippen MR) is 183 cm³/mol. The molecule has 0 saturated heterocycles. The van der Waals surface area contributed by atoms with Crippen molar-refractivity contribution in [2.75, 3.05) is 0 Å². The fourth-order valence-electron chi connectivity index (χ4n) is 6.39. The number of halogens is 2. The van der Waals surface area contributed by atoms with Gasteiger partial charge < -0.3 is 9.40 Å². The van der Waals surface area contributed by atoms with Gasteiger partial charge in [-0.25, -0.2) is 0 Å². The summed E-state index contributed by atoms with van der Waals surface area (Å²) in [4.78, 5) is 12.1.